The fraction of sp³-hybridized carbons (Fsp3) is 0.143. The van der Waals surface area contributed by atoms with Crippen LogP contribution < -0.4 is 0 Å². The Morgan fingerprint density at radius 2 is 1.41 bits per heavy atom. The second-order valence-electron chi connectivity index (χ2n) is 4.27. The van der Waals surface area contributed by atoms with Gasteiger partial charge in [0.15, 0.2) is 0 Å². The van der Waals surface area contributed by atoms with Crippen LogP contribution >= 0.6 is 23.2 Å². The molecule has 1 unspecified atom stereocenters. The Labute approximate surface area is 115 Å². The van der Waals surface area contributed by atoms with E-state index in [-0.39, 0.29) is 4.50 Å². The van der Waals surface area contributed by atoms with E-state index < -0.39 is 0 Å². The Balaban J connectivity index is 2.31. The Hall–Kier alpha value is -0.763. The zero-order valence-corrected chi connectivity index (χ0v) is 13.2. The number of rotatable bonds is 3. The lowest BCUT2D eigenvalue weighted by atomic mass is 10.0. The first-order valence-corrected chi connectivity index (χ1v) is 7.45. The highest BCUT2D eigenvalue weighted by atomic mass is 35.5. The van der Waals surface area contributed by atoms with Gasteiger partial charge < -0.3 is 0 Å². The predicted octanol–water partition coefficient (Wildman–Crippen LogP) is 3.35. The van der Waals surface area contributed by atoms with Crippen molar-refractivity contribution in [2.24, 2.45) is 0 Å². The normalized spacial score (nSPS) is 14.5. The van der Waals surface area contributed by atoms with E-state index in [1.807, 2.05) is 18.2 Å². The summed E-state index contributed by atoms with van der Waals surface area (Å²) in [4.78, 5) is 0. The summed E-state index contributed by atoms with van der Waals surface area (Å²) in [7, 11) is 0.838. The first kappa shape index (κ1) is 12.7. The van der Waals surface area contributed by atoms with Gasteiger partial charge in [-0.2, -0.15) is 0 Å². The Morgan fingerprint density at radius 3 is 1.94 bits per heavy atom. The molecule has 3 heteroatoms. The number of alkyl halides is 2. The van der Waals surface area contributed by atoms with Crippen LogP contribution in [0.25, 0.3) is 11.1 Å². The van der Waals surface area contributed by atoms with Crippen LogP contribution in [0, 0.1) is 0 Å². The molecule has 0 amide bonds. The van der Waals surface area contributed by atoms with Crippen molar-refractivity contribution in [1.82, 2.24) is 0 Å². The summed E-state index contributed by atoms with van der Waals surface area (Å²) in [6.07, 6.45) is 0. The Bertz CT molecular complexity index is 477. The maximum atomic E-state index is 6.37. The number of halogens is 2. The van der Waals surface area contributed by atoms with Crippen molar-refractivity contribution in [2.75, 3.05) is 5.88 Å². The average Bonchev–Trinajstić information content (AvgIpc) is 2.40. The highest BCUT2D eigenvalue weighted by Gasteiger charge is 2.21. The maximum Gasteiger partial charge on any atom is 0.0642 e. The van der Waals surface area contributed by atoms with Crippen LogP contribution in [0.4, 0.5) is 0 Å². The summed E-state index contributed by atoms with van der Waals surface area (Å²) in [5.74, 6) is 0.464. The van der Waals surface area contributed by atoms with E-state index in [4.69, 9.17) is 23.2 Å². The van der Waals surface area contributed by atoms with E-state index in [1.54, 1.807) is 0 Å². The van der Waals surface area contributed by atoms with E-state index in [2.05, 4.69) is 36.4 Å². The SMILES string of the molecule is [SiH3]C(Cl)(CCl)c1ccc(-c2ccccc2)cc1. The van der Waals surface area contributed by atoms with Crippen molar-refractivity contribution >= 4 is 33.4 Å². The van der Waals surface area contributed by atoms with Gasteiger partial charge >= 0.3 is 0 Å². The zero-order chi connectivity index (χ0) is 12.3. The van der Waals surface area contributed by atoms with Crippen LogP contribution in [0.2, 0.25) is 0 Å². The summed E-state index contributed by atoms with van der Waals surface area (Å²) >= 11 is 12.3. The third-order valence-electron chi connectivity index (χ3n) is 2.84. The van der Waals surface area contributed by atoms with E-state index in [0.29, 0.717) is 5.88 Å². The molecule has 1 atom stereocenters. The molecular weight excluding hydrogens is 267 g/mol. The second-order valence-corrected chi connectivity index (χ2v) is 7.72. The summed E-state index contributed by atoms with van der Waals surface area (Å²) in [6.45, 7) is 0. The Morgan fingerprint density at radius 1 is 0.882 bits per heavy atom. The summed E-state index contributed by atoms with van der Waals surface area (Å²) in [5, 5.41) is 0. The molecule has 0 nitrogen and oxygen atoms in total. The topological polar surface area (TPSA) is 0 Å². The molecule has 0 saturated carbocycles. The first-order chi connectivity index (χ1) is 8.13. The minimum atomic E-state index is -0.350. The van der Waals surface area contributed by atoms with Crippen molar-refractivity contribution in [3.63, 3.8) is 0 Å². The molecule has 2 rings (SSSR count). The molecular formula is C14H14Cl2Si. The fourth-order valence-electron chi connectivity index (χ4n) is 1.72. The molecule has 0 N–H and O–H groups in total. The molecule has 0 fully saturated rings. The van der Waals surface area contributed by atoms with Crippen molar-refractivity contribution < 1.29 is 0 Å². The van der Waals surface area contributed by atoms with Crippen LogP contribution in [-0.4, -0.2) is 16.1 Å². The minimum Gasteiger partial charge on any atom is -0.125 e. The van der Waals surface area contributed by atoms with Gasteiger partial charge in [0.1, 0.15) is 0 Å². The van der Waals surface area contributed by atoms with E-state index in [1.165, 1.54) is 11.1 Å². The van der Waals surface area contributed by atoms with Gasteiger partial charge in [0.25, 0.3) is 0 Å². The van der Waals surface area contributed by atoms with Crippen molar-refractivity contribution in [1.29, 1.82) is 0 Å². The van der Waals surface area contributed by atoms with Crippen LogP contribution in [0.3, 0.4) is 0 Å². The van der Waals surface area contributed by atoms with E-state index in [0.717, 1.165) is 15.8 Å². The monoisotopic (exact) mass is 280 g/mol. The van der Waals surface area contributed by atoms with Crippen LogP contribution in [0.1, 0.15) is 5.56 Å². The van der Waals surface area contributed by atoms with Gasteiger partial charge in [-0.05, 0) is 16.7 Å². The van der Waals surface area contributed by atoms with Crippen molar-refractivity contribution in [3.05, 3.63) is 60.2 Å². The molecule has 0 aliphatic rings. The Kier molecular flexibility index (Phi) is 3.92. The van der Waals surface area contributed by atoms with Crippen molar-refractivity contribution in [3.8, 4) is 11.1 Å². The lowest BCUT2D eigenvalue weighted by Crippen LogP contribution is -2.20. The van der Waals surface area contributed by atoms with Gasteiger partial charge in [0.2, 0.25) is 0 Å². The number of hydrogen-bond donors (Lipinski definition) is 0. The second kappa shape index (κ2) is 5.26. The lowest BCUT2D eigenvalue weighted by Gasteiger charge is -2.19. The molecule has 88 valence electrons. The van der Waals surface area contributed by atoms with Crippen LogP contribution in [0.15, 0.2) is 54.6 Å². The third-order valence-corrected chi connectivity index (χ3v) is 5.25. The van der Waals surface area contributed by atoms with E-state index in [9.17, 15) is 0 Å². The highest BCUT2D eigenvalue weighted by Crippen LogP contribution is 2.29. The molecule has 0 aliphatic heterocycles. The zero-order valence-electron chi connectivity index (χ0n) is 9.66. The summed E-state index contributed by atoms with van der Waals surface area (Å²) < 4.78 is -0.350. The van der Waals surface area contributed by atoms with Gasteiger partial charge in [-0.15, -0.1) is 23.2 Å². The number of benzene rings is 2. The van der Waals surface area contributed by atoms with E-state index >= 15 is 0 Å². The molecule has 0 bridgehead atoms. The molecule has 0 saturated heterocycles. The van der Waals surface area contributed by atoms with Crippen LogP contribution in [0.5, 0.6) is 0 Å². The smallest absolute Gasteiger partial charge is 0.0642 e. The minimum absolute atomic E-state index is 0.350. The molecule has 0 radical (unpaired) electrons. The van der Waals surface area contributed by atoms with Crippen molar-refractivity contribution in [2.45, 2.75) is 4.50 Å². The van der Waals surface area contributed by atoms with Gasteiger partial charge in [0.05, 0.1) is 4.50 Å². The maximum absolute atomic E-state index is 6.37. The van der Waals surface area contributed by atoms with Crippen LogP contribution in [-0.2, 0) is 4.50 Å². The quantitative estimate of drug-likeness (QED) is 0.598. The molecule has 2 aromatic rings. The first-order valence-electron chi connectivity index (χ1n) is 5.54. The summed E-state index contributed by atoms with van der Waals surface area (Å²) in [5.41, 5.74) is 3.54. The van der Waals surface area contributed by atoms with Gasteiger partial charge in [-0.3, -0.25) is 0 Å². The summed E-state index contributed by atoms with van der Waals surface area (Å²) in [6, 6.07) is 18.7. The standard InChI is InChI=1S/C14H14Cl2Si/c15-10-14(16,17)13-8-6-12(7-9-13)11-4-2-1-3-5-11/h1-9H,10H2,17H3. The number of hydrogen-bond acceptors (Lipinski definition) is 0. The largest absolute Gasteiger partial charge is 0.125 e. The molecule has 0 heterocycles. The molecule has 17 heavy (non-hydrogen) atoms. The molecule has 2 aromatic carbocycles. The fourth-order valence-corrected chi connectivity index (χ4v) is 2.33. The predicted molar refractivity (Wildman–Crippen MR) is 80.1 cm³/mol. The molecule has 0 spiro atoms. The van der Waals surface area contributed by atoms with Gasteiger partial charge in [-0.25, -0.2) is 0 Å². The molecule has 0 aromatic heterocycles. The van der Waals surface area contributed by atoms with Gasteiger partial charge in [-0.1, -0.05) is 54.6 Å². The lowest BCUT2D eigenvalue weighted by molar-refractivity contribution is 0.985. The molecule has 0 aliphatic carbocycles. The van der Waals surface area contributed by atoms with Gasteiger partial charge in [0, 0.05) is 16.1 Å². The average molecular weight is 281 g/mol. The highest BCUT2D eigenvalue weighted by molar-refractivity contribution is 6.47. The third kappa shape index (κ3) is 2.92.